The van der Waals surface area contributed by atoms with Gasteiger partial charge in [0.05, 0.1) is 30.4 Å². The van der Waals surface area contributed by atoms with Crippen molar-refractivity contribution in [2.75, 3.05) is 58.9 Å². The topological polar surface area (TPSA) is 166 Å². The van der Waals surface area contributed by atoms with Crippen molar-refractivity contribution in [3.05, 3.63) is 70.5 Å². The van der Waals surface area contributed by atoms with Crippen molar-refractivity contribution in [1.82, 2.24) is 19.6 Å². The number of hydrogen-bond donors (Lipinski definition) is 3. The van der Waals surface area contributed by atoms with Gasteiger partial charge in [0.25, 0.3) is 5.91 Å². The molecule has 3 saturated heterocycles. The zero-order chi connectivity index (χ0) is 37.5. The van der Waals surface area contributed by atoms with Gasteiger partial charge in [-0.1, -0.05) is 43.5 Å². The van der Waals surface area contributed by atoms with Gasteiger partial charge < -0.3 is 36.3 Å². The highest BCUT2D eigenvalue weighted by Crippen LogP contribution is 2.28. The van der Waals surface area contributed by atoms with Crippen molar-refractivity contribution < 1.29 is 28.3 Å². The van der Waals surface area contributed by atoms with Gasteiger partial charge in [0.2, 0.25) is 17.7 Å². The summed E-state index contributed by atoms with van der Waals surface area (Å²) in [7, 11) is 0. The van der Waals surface area contributed by atoms with Crippen LogP contribution in [0.2, 0.25) is 0 Å². The number of carbonyl (C=O) groups is 4. The van der Waals surface area contributed by atoms with Gasteiger partial charge in [-0.05, 0) is 68.2 Å². The fraction of sp³-hybridized carbons (Fsp3) is 0.575. The molecule has 4 fully saturated rings. The second-order valence-corrected chi connectivity index (χ2v) is 15.1. The van der Waals surface area contributed by atoms with Crippen LogP contribution in [-0.4, -0.2) is 126 Å². The average Bonchev–Trinajstić information content (AvgIpc) is 3.19. The molecule has 0 radical (unpaired) electrons. The monoisotopic (exact) mass is 731 g/mol. The Morgan fingerprint density at radius 2 is 1.36 bits per heavy atom. The summed E-state index contributed by atoms with van der Waals surface area (Å²) in [5.74, 6) is -1.31. The summed E-state index contributed by atoms with van der Waals surface area (Å²) in [4.78, 5) is 58.9. The number of likely N-dealkylation sites (tertiary alicyclic amines) is 2. The summed E-state index contributed by atoms with van der Waals surface area (Å²) < 4.78 is 21.4. The van der Waals surface area contributed by atoms with Crippen LogP contribution < -0.4 is 11.5 Å². The third-order valence-corrected chi connectivity index (χ3v) is 11.6. The Balaban J connectivity index is 0.904. The van der Waals surface area contributed by atoms with E-state index in [-0.39, 0.29) is 53.3 Å². The van der Waals surface area contributed by atoms with Crippen LogP contribution in [0.25, 0.3) is 0 Å². The lowest BCUT2D eigenvalue weighted by Gasteiger charge is -2.39. The first-order valence-corrected chi connectivity index (χ1v) is 19.3. The maximum Gasteiger partial charge on any atom is 0.256 e. The van der Waals surface area contributed by atoms with E-state index >= 15 is 0 Å². The highest BCUT2D eigenvalue weighted by molar-refractivity contribution is 6.09. The number of amides is 4. The summed E-state index contributed by atoms with van der Waals surface area (Å²) in [6.07, 6.45) is 9.42. The van der Waals surface area contributed by atoms with Crippen molar-refractivity contribution in [2.24, 2.45) is 17.4 Å². The molecule has 1 aliphatic carbocycles. The van der Waals surface area contributed by atoms with Crippen LogP contribution in [0.15, 0.2) is 42.5 Å². The minimum atomic E-state index is -0.649. The van der Waals surface area contributed by atoms with E-state index in [1.807, 2.05) is 4.90 Å². The molecule has 1 atom stereocenters. The Bertz CT molecular complexity index is 1640. The molecular weight excluding hydrogens is 677 g/mol. The van der Waals surface area contributed by atoms with Crippen LogP contribution in [0, 0.1) is 17.1 Å². The molecule has 3 heterocycles. The first-order valence-electron chi connectivity index (χ1n) is 19.3. The van der Waals surface area contributed by atoms with Crippen molar-refractivity contribution in [1.29, 1.82) is 5.41 Å². The molecule has 0 aromatic heterocycles. The lowest BCUT2D eigenvalue weighted by Crippen LogP contribution is -2.53. The van der Waals surface area contributed by atoms with Gasteiger partial charge in [-0.15, -0.1) is 0 Å². The Kier molecular flexibility index (Phi) is 12.9. The summed E-state index contributed by atoms with van der Waals surface area (Å²) in [6, 6.07) is 10.4. The van der Waals surface area contributed by atoms with Crippen LogP contribution in [-0.2, 0) is 20.7 Å². The fourth-order valence-corrected chi connectivity index (χ4v) is 8.32. The number of nitrogens with zero attached hydrogens (tertiary/aromatic N) is 4. The minimum absolute atomic E-state index is 0.0165. The first-order chi connectivity index (χ1) is 25.6. The molecule has 4 aliphatic rings. The number of primary amides is 1. The number of carbonyl (C=O) groups excluding carboxylic acids is 4. The maximum atomic E-state index is 14.9. The van der Waals surface area contributed by atoms with Crippen LogP contribution in [0.4, 0.5) is 4.39 Å². The zero-order valence-electron chi connectivity index (χ0n) is 30.6. The van der Waals surface area contributed by atoms with Crippen LogP contribution in [0.1, 0.15) is 89.6 Å². The molecule has 1 saturated carbocycles. The largest absolute Gasteiger partial charge is 0.375 e. The van der Waals surface area contributed by atoms with E-state index < -0.39 is 17.6 Å². The lowest BCUT2D eigenvalue weighted by atomic mass is 9.83. The summed E-state index contributed by atoms with van der Waals surface area (Å²) >= 11 is 0. The molecule has 4 amide bonds. The van der Waals surface area contributed by atoms with Crippen molar-refractivity contribution in [3.8, 4) is 0 Å². The van der Waals surface area contributed by atoms with Gasteiger partial charge in [0.1, 0.15) is 5.82 Å². The minimum Gasteiger partial charge on any atom is -0.375 e. The van der Waals surface area contributed by atoms with Crippen LogP contribution >= 0.6 is 0 Å². The predicted octanol–water partition coefficient (Wildman–Crippen LogP) is 3.20. The molecule has 0 bridgehead atoms. The van der Waals surface area contributed by atoms with E-state index in [0.717, 1.165) is 51.6 Å². The Labute approximate surface area is 311 Å². The molecule has 286 valence electrons. The third kappa shape index (κ3) is 9.68. The van der Waals surface area contributed by atoms with Crippen LogP contribution in [0.5, 0.6) is 0 Å². The molecule has 13 heteroatoms. The molecule has 2 aromatic rings. The van der Waals surface area contributed by atoms with E-state index in [0.29, 0.717) is 62.9 Å². The Hall–Kier alpha value is -4.20. The smallest absolute Gasteiger partial charge is 0.256 e. The highest BCUT2D eigenvalue weighted by atomic mass is 19.1. The third-order valence-electron chi connectivity index (χ3n) is 11.6. The maximum absolute atomic E-state index is 14.9. The number of hydrogen-bond acceptors (Lipinski definition) is 8. The van der Waals surface area contributed by atoms with E-state index in [9.17, 15) is 23.6 Å². The Morgan fingerprint density at radius 3 is 2.00 bits per heavy atom. The lowest BCUT2D eigenvalue weighted by molar-refractivity contribution is -0.139. The first kappa shape index (κ1) is 38.5. The van der Waals surface area contributed by atoms with Gasteiger partial charge in [-0.2, -0.15) is 0 Å². The molecule has 5 N–H and O–H groups in total. The predicted molar refractivity (Wildman–Crippen MR) is 199 cm³/mol. The normalized spacial score (nSPS) is 20.3. The number of nitrogens with two attached hydrogens (primary N) is 2. The van der Waals surface area contributed by atoms with Gasteiger partial charge in [0, 0.05) is 75.6 Å². The van der Waals surface area contributed by atoms with E-state index in [1.54, 1.807) is 34.1 Å². The molecule has 0 unspecified atom stereocenters. The van der Waals surface area contributed by atoms with Gasteiger partial charge in [-0.3, -0.25) is 24.1 Å². The second kappa shape index (κ2) is 17.7. The van der Waals surface area contributed by atoms with E-state index in [4.69, 9.17) is 21.6 Å². The number of rotatable bonds is 11. The summed E-state index contributed by atoms with van der Waals surface area (Å²) in [6.45, 7) is 4.55. The molecular formula is C40H54FN7O5. The number of benzene rings is 2. The van der Waals surface area contributed by atoms with Crippen LogP contribution in [0.3, 0.4) is 0 Å². The molecule has 2 aromatic carbocycles. The molecule has 53 heavy (non-hydrogen) atoms. The quantitative estimate of drug-likeness (QED) is 0.299. The number of halogens is 1. The molecule has 6 rings (SSSR count). The fourth-order valence-electron chi connectivity index (χ4n) is 8.32. The number of piperazine rings is 1. The second-order valence-electron chi connectivity index (χ2n) is 15.1. The Morgan fingerprint density at radius 1 is 0.755 bits per heavy atom. The SMILES string of the molecule is N=C(Cc1ccc(F)c(C(=O)N2CCN(C(=O)CN3CCC(OC4CCN(C(=O)[C@H](N)C5CCCCC5)CC4)CC3)CC2)c1)c1ccccc1C(N)=O. The van der Waals surface area contributed by atoms with Gasteiger partial charge in [0.15, 0.2) is 0 Å². The highest BCUT2D eigenvalue weighted by Gasteiger charge is 2.34. The van der Waals surface area contributed by atoms with Crippen molar-refractivity contribution >= 4 is 29.3 Å². The molecule has 12 nitrogen and oxygen atoms in total. The zero-order valence-corrected chi connectivity index (χ0v) is 30.6. The number of nitrogens with one attached hydrogen (secondary N) is 1. The standard InChI is InChI=1S/C40H54FN7O5/c41-34-11-10-27(25-35(42)31-8-4-5-9-32(31)38(44)50)24-33(34)39(51)48-22-20-46(21-23-48)36(49)26-45-16-12-29(13-17-45)53-30-14-18-47(19-15-30)40(52)37(43)28-6-2-1-3-7-28/h4-5,8-11,24,28-30,37,42H,1-3,6-7,12-23,25-26,43H2,(H2,44,50)/t37-/m1/s1. The van der Waals surface area contributed by atoms with Gasteiger partial charge in [-0.25, -0.2) is 4.39 Å². The number of ether oxygens (including phenoxy) is 1. The molecule has 3 aliphatic heterocycles. The van der Waals surface area contributed by atoms with Crippen molar-refractivity contribution in [2.45, 2.75) is 82.5 Å². The summed E-state index contributed by atoms with van der Waals surface area (Å²) in [5, 5.41) is 8.54. The average molecular weight is 732 g/mol. The number of piperidine rings is 2. The summed E-state index contributed by atoms with van der Waals surface area (Å²) in [5.41, 5.74) is 13.1. The van der Waals surface area contributed by atoms with E-state index in [2.05, 4.69) is 4.90 Å². The van der Waals surface area contributed by atoms with E-state index in [1.165, 1.54) is 37.5 Å². The molecule has 0 spiro atoms. The van der Waals surface area contributed by atoms with Gasteiger partial charge >= 0.3 is 0 Å². The van der Waals surface area contributed by atoms with Crippen molar-refractivity contribution in [3.63, 3.8) is 0 Å².